The van der Waals surface area contributed by atoms with Crippen LogP contribution in [0.25, 0.3) is 0 Å². The van der Waals surface area contributed by atoms with E-state index in [2.05, 4.69) is 15.5 Å². The number of aliphatic carboxylic acids is 1. The number of hydrogen-bond donors (Lipinski definition) is 3. The number of carbonyl (C=O) groups excluding carboxylic acids is 1. The molecule has 1 aromatic rings. The average Bonchev–Trinajstić information content (AvgIpc) is 2.65. The molecule has 0 spiro atoms. The van der Waals surface area contributed by atoms with Crippen molar-refractivity contribution < 1.29 is 14.7 Å². The second kappa shape index (κ2) is 4.40. The summed E-state index contributed by atoms with van der Waals surface area (Å²) < 4.78 is 0. The lowest BCUT2D eigenvalue weighted by Crippen LogP contribution is -2.40. The number of H-pyrrole nitrogens is 1. The fraction of sp³-hybridized carbons (Fsp3) is 0.375. The van der Waals surface area contributed by atoms with Crippen LogP contribution in [0.2, 0.25) is 0 Å². The zero-order valence-electron chi connectivity index (χ0n) is 7.65. The van der Waals surface area contributed by atoms with Gasteiger partial charge in [0.05, 0.1) is 11.8 Å². The van der Waals surface area contributed by atoms with E-state index in [1.165, 1.54) is 12.4 Å². The Labute approximate surface area is 80.3 Å². The Bertz CT molecular complexity index is 321. The average molecular weight is 197 g/mol. The summed E-state index contributed by atoms with van der Waals surface area (Å²) in [5.41, 5.74) is 0.324. The highest BCUT2D eigenvalue weighted by Crippen LogP contribution is 1.97. The van der Waals surface area contributed by atoms with Crippen LogP contribution in [-0.4, -0.2) is 33.2 Å². The molecule has 6 nitrogen and oxygen atoms in total. The predicted molar refractivity (Wildman–Crippen MR) is 47.8 cm³/mol. The van der Waals surface area contributed by atoms with Gasteiger partial charge in [-0.2, -0.15) is 5.10 Å². The third kappa shape index (κ3) is 2.32. The predicted octanol–water partition coefficient (Wildman–Crippen LogP) is 0.00270. The Morgan fingerprint density at radius 2 is 2.43 bits per heavy atom. The molecule has 0 unspecified atom stereocenters. The maximum absolute atomic E-state index is 11.3. The van der Waals surface area contributed by atoms with Crippen LogP contribution >= 0.6 is 0 Å². The Morgan fingerprint density at radius 1 is 1.71 bits per heavy atom. The molecule has 1 rings (SSSR count). The van der Waals surface area contributed by atoms with Gasteiger partial charge in [-0.1, -0.05) is 6.92 Å². The molecule has 0 bridgehead atoms. The van der Waals surface area contributed by atoms with Gasteiger partial charge in [0, 0.05) is 6.20 Å². The standard InChI is InChI=1S/C8H11N3O3/c1-2-6(8(13)14)11-7(12)5-3-9-10-4-5/h3-4,6H,2H2,1H3,(H,9,10)(H,11,12)(H,13,14)/t6-/m1/s1. The molecule has 0 aliphatic rings. The van der Waals surface area contributed by atoms with E-state index in [1.54, 1.807) is 6.92 Å². The monoisotopic (exact) mass is 197 g/mol. The number of aromatic amines is 1. The summed E-state index contributed by atoms with van der Waals surface area (Å²) in [6.45, 7) is 1.69. The number of nitrogens with one attached hydrogen (secondary N) is 2. The summed E-state index contributed by atoms with van der Waals surface area (Å²) in [6.07, 6.45) is 3.09. The zero-order chi connectivity index (χ0) is 10.6. The summed E-state index contributed by atoms with van der Waals surface area (Å²) in [5, 5.41) is 17.1. The molecule has 3 N–H and O–H groups in total. The normalized spacial score (nSPS) is 12.1. The lowest BCUT2D eigenvalue weighted by atomic mass is 10.2. The molecule has 0 aliphatic heterocycles. The summed E-state index contributed by atoms with van der Waals surface area (Å²) in [5.74, 6) is -1.47. The number of rotatable bonds is 4. The highest BCUT2D eigenvalue weighted by molar-refractivity contribution is 5.96. The van der Waals surface area contributed by atoms with Crippen molar-refractivity contribution in [3.63, 3.8) is 0 Å². The van der Waals surface area contributed by atoms with Crippen molar-refractivity contribution in [2.75, 3.05) is 0 Å². The van der Waals surface area contributed by atoms with Crippen molar-refractivity contribution in [2.45, 2.75) is 19.4 Å². The maximum Gasteiger partial charge on any atom is 0.326 e. The van der Waals surface area contributed by atoms with E-state index >= 15 is 0 Å². The molecular formula is C8H11N3O3. The topological polar surface area (TPSA) is 95.1 Å². The number of amides is 1. The van der Waals surface area contributed by atoms with Gasteiger partial charge in [0.15, 0.2) is 0 Å². The zero-order valence-corrected chi connectivity index (χ0v) is 7.65. The van der Waals surface area contributed by atoms with Crippen molar-refractivity contribution in [3.05, 3.63) is 18.0 Å². The Kier molecular flexibility index (Phi) is 3.22. The van der Waals surface area contributed by atoms with Gasteiger partial charge in [0.25, 0.3) is 5.91 Å². The van der Waals surface area contributed by atoms with Crippen LogP contribution in [0.15, 0.2) is 12.4 Å². The van der Waals surface area contributed by atoms with E-state index in [0.717, 1.165) is 0 Å². The van der Waals surface area contributed by atoms with Gasteiger partial charge in [-0.3, -0.25) is 9.89 Å². The second-order valence-corrected chi connectivity index (χ2v) is 2.76. The highest BCUT2D eigenvalue weighted by atomic mass is 16.4. The van der Waals surface area contributed by atoms with Gasteiger partial charge in [-0.25, -0.2) is 4.79 Å². The fourth-order valence-electron chi connectivity index (χ4n) is 0.955. The third-order valence-corrected chi connectivity index (χ3v) is 1.77. The molecule has 1 aromatic heterocycles. The largest absolute Gasteiger partial charge is 0.480 e. The molecule has 0 radical (unpaired) electrons. The van der Waals surface area contributed by atoms with E-state index in [-0.39, 0.29) is 0 Å². The lowest BCUT2D eigenvalue weighted by molar-refractivity contribution is -0.139. The lowest BCUT2D eigenvalue weighted by Gasteiger charge is -2.10. The molecule has 0 fully saturated rings. The minimum atomic E-state index is -1.04. The third-order valence-electron chi connectivity index (χ3n) is 1.77. The summed E-state index contributed by atoms with van der Waals surface area (Å²) in [6, 6.07) is -0.850. The SMILES string of the molecule is CC[C@@H](NC(=O)c1cn[nH]c1)C(=O)O. The molecule has 0 aromatic carbocycles. The van der Waals surface area contributed by atoms with Crippen LogP contribution in [0.5, 0.6) is 0 Å². The van der Waals surface area contributed by atoms with Gasteiger partial charge in [-0.15, -0.1) is 0 Å². The van der Waals surface area contributed by atoms with Crippen molar-refractivity contribution in [1.82, 2.24) is 15.5 Å². The second-order valence-electron chi connectivity index (χ2n) is 2.76. The van der Waals surface area contributed by atoms with Gasteiger partial charge >= 0.3 is 5.97 Å². The molecule has 1 atom stereocenters. The Balaban J connectivity index is 2.60. The number of hydrogen-bond acceptors (Lipinski definition) is 3. The summed E-state index contributed by atoms with van der Waals surface area (Å²) in [4.78, 5) is 21.9. The molecule has 1 heterocycles. The van der Waals surface area contributed by atoms with Crippen molar-refractivity contribution >= 4 is 11.9 Å². The molecule has 6 heteroatoms. The molecule has 76 valence electrons. The number of carbonyl (C=O) groups is 2. The number of carboxylic acid groups (broad SMARTS) is 1. The first-order chi connectivity index (χ1) is 6.65. The van der Waals surface area contributed by atoms with Gasteiger partial charge in [-0.05, 0) is 6.42 Å². The van der Waals surface area contributed by atoms with E-state index in [1.807, 2.05) is 0 Å². The quantitative estimate of drug-likeness (QED) is 0.633. The smallest absolute Gasteiger partial charge is 0.326 e. The van der Waals surface area contributed by atoms with Gasteiger partial charge in [0.1, 0.15) is 6.04 Å². The van der Waals surface area contributed by atoms with Gasteiger partial charge < -0.3 is 10.4 Å². The highest BCUT2D eigenvalue weighted by Gasteiger charge is 2.18. The Morgan fingerprint density at radius 3 is 2.86 bits per heavy atom. The van der Waals surface area contributed by atoms with E-state index in [9.17, 15) is 9.59 Å². The molecule has 1 amide bonds. The first-order valence-corrected chi connectivity index (χ1v) is 4.17. The van der Waals surface area contributed by atoms with Crippen molar-refractivity contribution in [2.24, 2.45) is 0 Å². The van der Waals surface area contributed by atoms with Crippen molar-refractivity contribution in [1.29, 1.82) is 0 Å². The molecular weight excluding hydrogens is 186 g/mol. The number of nitrogens with zero attached hydrogens (tertiary/aromatic N) is 1. The Hall–Kier alpha value is -1.85. The molecule has 0 aliphatic carbocycles. The van der Waals surface area contributed by atoms with E-state index < -0.39 is 17.9 Å². The minimum absolute atomic E-state index is 0.324. The number of aromatic nitrogens is 2. The fourth-order valence-corrected chi connectivity index (χ4v) is 0.955. The van der Waals surface area contributed by atoms with E-state index in [4.69, 9.17) is 5.11 Å². The maximum atomic E-state index is 11.3. The van der Waals surface area contributed by atoms with Crippen LogP contribution in [-0.2, 0) is 4.79 Å². The minimum Gasteiger partial charge on any atom is -0.480 e. The van der Waals surface area contributed by atoms with Crippen LogP contribution in [0.4, 0.5) is 0 Å². The van der Waals surface area contributed by atoms with Crippen LogP contribution in [0, 0.1) is 0 Å². The summed E-state index contributed by atoms with van der Waals surface area (Å²) >= 11 is 0. The van der Waals surface area contributed by atoms with Gasteiger partial charge in [0.2, 0.25) is 0 Å². The first-order valence-electron chi connectivity index (χ1n) is 4.17. The van der Waals surface area contributed by atoms with Crippen molar-refractivity contribution in [3.8, 4) is 0 Å². The number of carboxylic acids is 1. The molecule has 0 saturated carbocycles. The van der Waals surface area contributed by atoms with Crippen LogP contribution in [0.1, 0.15) is 23.7 Å². The summed E-state index contributed by atoms with van der Waals surface area (Å²) in [7, 11) is 0. The van der Waals surface area contributed by atoms with Crippen LogP contribution in [0.3, 0.4) is 0 Å². The van der Waals surface area contributed by atoms with Crippen LogP contribution < -0.4 is 5.32 Å². The molecule has 0 saturated heterocycles. The molecule has 14 heavy (non-hydrogen) atoms. The first kappa shape index (κ1) is 10.2. The van der Waals surface area contributed by atoms with E-state index in [0.29, 0.717) is 12.0 Å².